The Balaban J connectivity index is 0.00000121. The SMILES string of the molecule is Cl.Cl.Clc1ccc(CN2CCN(c3cccc4[nH]ccc34)CC2)cc1Cl. The Hall–Kier alpha value is -1.10. The van der Waals surface area contributed by atoms with Crippen molar-refractivity contribution in [2.45, 2.75) is 6.54 Å². The zero-order valence-corrected chi connectivity index (χ0v) is 17.3. The molecule has 1 saturated heterocycles. The molecule has 1 aliphatic heterocycles. The van der Waals surface area contributed by atoms with E-state index in [0.29, 0.717) is 10.0 Å². The van der Waals surface area contributed by atoms with Gasteiger partial charge in [-0.15, -0.1) is 24.8 Å². The lowest BCUT2D eigenvalue weighted by Crippen LogP contribution is -2.46. The van der Waals surface area contributed by atoms with Crippen molar-refractivity contribution in [2.24, 2.45) is 0 Å². The molecule has 1 N–H and O–H groups in total. The van der Waals surface area contributed by atoms with Crippen LogP contribution < -0.4 is 4.90 Å². The van der Waals surface area contributed by atoms with Crippen molar-refractivity contribution in [3.63, 3.8) is 0 Å². The molecule has 0 aliphatic carbocycles. The largest absolute Gasteiger partial charge is 0.368 e. The number of hydrogen-bond acceptors (Lipinski definition) is 2. The average Bonchev–Trinajstić information content (AvgIpc) is 3.08. The number of hydrogen-bond donors (Lipinski definition) is 1. The summed E-state index contributed by atoms with van der Waals surface area (Å²) >= 11 is 12.1. The number of piperazine rings is 1. The molecule has 0 saturated carbocycles. The molecule has 3 aromatic rings. The molecule has 0 bridgehead atoms. The Morgan fingerprint density at radius 3 is 2.38 bits per heavy atom. The molecule has 0 atom stereocenters. The van der Waals surface area contributed by atoms with E-state index in [1.54, 1.807) is 0 Å². The number of fused-ring (bicyclic) bond motifs is 1. The van der Waals surface area contributed by atoms with Crippen LogP contribution in [0.3, 0.4) is 0 Å². The third-order valence-corrected chi connectivity index (χ3v) is 5.41. The number of aromatic nitrogens is 1. The highest BCUT2D eigenvalue weighted by molar-refractivity contribution is 6.42. The summed E-state index contributed by atoms with van der Waals surface area (Å²) < 4.78 is 0. The molecular weight excluding hydrogens is 412 g/mol. The van der Waals surface area contributed by atoms with Gasteiger partial charge in [0.1, 0.15) is 0 Å². The standard InChI is InChI=1S/C19H19Cl2N3.2ClH/c20-16-5-4-14(12-17(16)21)13-23-8-10-24(11-9-23)19-3-1-2-18-15(19)6-7-22-18;;/h1-7,12,22H,8-11,13H2;2*1H. The summed E-state index contributed by atoms with van der Waals surface area (Å²) in [5.41, 5.74) is 3.74. The van der Waals surface area contributed by atoms with Gasteiger partial charge in [0.15, 0.2) is 0 Å². The van der Waals surface area contributed by atoms with Gasteiger partial charge in [-0.3, -0.25) is 4.90 Å². The van der Waals surface area contributed by atoms with Crippen LogP contribution in [0.15, 0.2) is 48.7 Å². The van der Waals surface area contributed by atoms with Gasteiger partial charge in [0.05, 0.1) is 10.0 Å². The highest BCUT2D eigenvalue weighted by Crippen LogP contribution is 2.27. The van der Waals surface area contributed by atoms with Crippen molar-refractivity contribution in [1.29, 1.82) is 0 Å². The lowest BCUT2D eigenvalue weighted by atomic mass is 10.1. The van der Waals surface area contributed by atoms with Crippen LogP contribution in [-0.4, -0.2) is 36.1 Å². The van der Waals surface area contributed by atoms with E-state index in [4.69, 9.17) is 23.2 Å². The van der Waals surface area contributed by atoms with Gasteiger partial charge in [-0.2, -0.15) is 0 Å². The number of H-pyrrole nitrogens is 1. The average molecular weight is 433 g/mol. The van der Waals surface area contributed by atoms with E-state index in [1.165, 1.54) is 22.2 Å². The van der Waals surface area contributed by atoms with Crippen molar-refractivity contribution in [2.75, 3.05) is 31.1 Å². The quantitative estimate of drug-likeness (QED) is 0.578. The van der Waals surface area contributed by atoms with Gasteiger partial charge in [0.2, 0.25) is 0 Å². The van der Waals surface area contributed by atoms with Crippen molar-refractivity contribution < 1.29 is 0 Å². The zero-order chi connectivity index (χ0) is 16.5. The molecule has 1 aromatic heterocycles. The third kappa shape index (κ3) is 4.41. The van der Waals surface area contributed by atoms with E-state index < -0.39 is 0 Å². The van der Waals surface area contributed by atoms with Crippen LogP contribution in [0.4, 0.5) is 5.69 Å². The van der Waals surface area contributed by atoms with E-state index >= 15 is 0 Å². The van der Waals surface area contributed by atoms with E-state index in [1.807, 2.05) is 18.3 Å². The van der Waals surface area contributed by atoms with E-state index in [-0.39, 0.29) is 24.8 Å². The number of nitrogens with zero attached hydrogens (tertiary/aromatic N) is 2. The van der Waals surface area contributed by atoms with Crippen molar-refractivity contribution in [1.82, 2.24) is 9.88 Å². The topological polar surface area (TPSA) is 22.3 Å². The van der Waals surface area contributed by atoms with Crippen LogP contribution in [-0.2, 0) is 6.54 Å². The first kappa shape index (κ1) is 21.2. The van der Waals surface area contributed by atoms with Crippen molar-refractivity contribution in [3.8, 4) is 0 Å². The molecule has 1 aliphatic rings. The second-order valence-corrected chi connectivity index (χ2v) is 7.04. The Labute approximate surface area is 176 Å². The summed E-state index contributed by atoms with van der Waals surface area (Å²) in [6, 6.07) is 14.5. The van der Waals surface area contributed by atoms with Crippen LogP contribution in [0.2, 0.25) is 10.0 Å². The first-order valence-electron chi connectivity index (χ1n) is 8.18. The number of nitrogens with one attached hydrogen (secondary N) is 1. The summed E-state index contributed by atoms with van der Waals surface area (Å²) in [5.74, 6) is 0. The van der Waals surface area contributed by atoms with Crippen LogP contribution in [0, 0.1) is 0 Å². The maximum atomic E-state index is 6.12. The predicted octanol–water partition coefficient (Wildman–Crippen LogP) is 5.64. The number of halogens is 4. The maximum Gasteiger partial charge on any atom is 0.0595 e. The highest BCUT2D eigenvalue weighted by Gasteiger charge is 2.19. The molecule has 26 heavy (non-hydrogen) atoms. The minimum absolute atomic E-state index is 0. The van der Waals surface area contributed by atoms with Crippen molar-refractivity contribution in [3.05, 3.63) is 64.3 Å². The molecule has 0 amide bonds. The van der Waals surface area contributed by atoms with Gasteiger partial charge >= 0.3 is 0 Å². The lowest BCUT2D eigenvalue weighted by molar-refractivity contribution is 0.250. The molecule has 1 fully saturated rings. The fraction of sp³-hybridized carbons (Fsp3) is 0.263. The van der Waals surface area contributed by atoms with Crippen LogP contribution >= 0.6 is 48.0 Å². The van der Waals surface area contributed by atoms with Crippen LogP contribution in [0.5, 0.6) is 0 Å². The molecule has 3 nitrogen and oxygen atoms in total. The fourth-order valence-corrected chi connectivity index (χ4v) is 3.71. The van der Waals surface area contributed by atoms with Gasteiger partial charge < -0.3 is 9.88 Å². The normalized spacial score (nSPS) is 14.8. The first-order valence-corrected chi connectivity index (χ1v) is 8.93. The van der Waals surface area contributed by atoms with Crippen LogP contribution in [0.25, 0.3) is 10.9 Å². The molecule has 140 valence electrons. The number of rotatable bonds is 3. The molecule has 4 rings (SSSR count). The Morgan fingerprint density at radius 2 is 1.65 bits per heavy atom. The fourth-order valence-electron chi connectivity index (χ4n) is 3.39. The Kier molecular flexibility index (Phi) is 7.51. The van der Waals surface area contributed by atoms with Gasteiger partial charge in [0, 0.05) is 55.5 Å². The summed E-state index contributed by atoms with van der Waals surface area (Å²) in [6.45, 7) is 5.07. The summed E-state index contributed by atoms with van der Waals surface area (Å²) in [6.07, 6.45) is 2.01. The van der Waals surface area contributed by atoms with Gasteiger partial charge in [-0.1, -0.05) is 35.3 Å². The Bertz CT molecular complexity index is 857. The van der Waals surface area contributed by atoms with Gasteiger partial charge in [0.25, 0.3) is 0 Å². The zero-order valence-electron chi connectivity index (χ0n) is 14.1. The number of benzene rings is 2. The summed E-state index contributed by atoms with van der Waals surface area (Å²) in [5, 5.41) is 2.55. The van der Waals surface area contributed by atoms with Crippen LogP contribution in [0.1, 0.15) is 5.56 Å². The van der Waals surface area contributed by atoms with E-state index in [0.717, 1.165) is 32.7 Å². The first-order chi connectivity index (χ1) is 11.7. The second kappa shape index (κ2) is 9.20. The lowest BCUT2D eigenvalue weighted by Gasteiger charge is -2.36. The smallest absolute Gasteiger partial charge is 0.0595 e. The second-order valence-electron chi connectivity index (χ2n) is 6.23. The van der Waals surface area contributed by atoms with Crippen molar-refractivity contribution >= 4 is 64.6 Å². The molecule has 2 heterocycles. The number of anilines is 1. The number of aromatic amines is 1. The maximum absolute atomic E-state index is 6.12. The molecule has 7 heteroatoms. The summed E-state index contributed by atoms with van der Waals surface area (Å²) in [4.78, 5) is 8.23. The summed E-state index contributed by atoms with van der Waals surface area (Å²) in [7, 11) is 0. The molecule has 0 unspecified atom stereocenters. The highest BCUT2D eigenvalue weighted by atomic mass is 35.5. The van der Waals surface area contributed by atoms with Gasteiger partial charge in [-0.05, 0) is 35.9 Å². The molecule has 0 spiro atoms. The monoisotopic (exact) mass is 431 g/mol. The van der Waals surface area contributed by atoms with Gasteiger partial charge in [-0.25, -0.2) is 0 Å². The molecular formula is C19H21Cl4N3. The van der Waals surface area contributed by atoms with E-state index in [9.17, 15) is 0 Å². The van der Waals surface area contributed by atoms with E-state index in [2.05, 4.69) is 45.1 Å². The Morgan fingerprint density at radius 1 is 0.885 bits per heavy atom. The minimum atomic E-state index is 0. The minimum Gasteiger partial charge on any atom is -0.368 e. The predicted molar refractivity (Wildman–Crippen MR) is 117 cm³/mol. The molecule has 2 aromatic carbocycles. The molecule has 0 radical (unpaired) electrons. The third-order valence-electron chi connectivity index (χ3n) is 4.68.